The Balaban J connectivity index is 2.00. The number of ether oxygens (including phenoxy) is 1. The molecule has 1 aliphatic rings. The first-order chi connectivity index (χ1) is 14.6. The molecule has 2 rings (SSSR count). The van der Waals surface area contributed by atoms with Gasteiger partial charge in [-0.25, -0.2) is 17.9 Å². The Morgan fingerprint density at radius 3 is 2.25 bits per heavy atom. The highest BCUT2D eigenvalue weighted by molar-refractivity contribution is 7.89. The minimum atomic E-state index is -3.88. The molecule has 1 saturated heterocycles. The number of piperidine rings is 1. The molecule has 0 bridgehead atoms. The molecule has 180 valence electrons. The number of nitrogens with zero attached hydrogens (tertiary/aromatic N) is 1. The summed E-state index contributed by atoms with van der Waals surface area (Å²) in [5, 5.41) is 2.84. The summed E-state index contributed by atoms with van der Waals surface area (Å²) in [7, 11) is -3.88. The molecule has 2 amide bonds. The van der Waals surface area contributed by atoms with Crippen molar-refractivity contribution in [1.82, 2.24) is 14.9 Å². The Morgan fingerprint density at radius 2 is 1.72 bits per heavy atom. The molecule has 1 aliphatic heterocycles. The van der Waals surface area contributed by atoms with E-state index in [1.54, 1.807) is 25.7 Å². The average molecular weight is 488 g/mol. The van der Waals surface area contributed by atoms with E-state index < -0.39 is 27.3 Å². The van der Waals surface area contributed by atoms with Crippen LogP contribution in [-0.2, 0) is 14.8 Å². The third-order valence-electron chi connectivity index (χ3n) is 4.74. The first-order valence-electron chi connectivity index (χ1n) is 10.7. The van der Waals surface area contributed by atoms with E-state index in [9.17, 15) is 18.0 Å². The number of sulfonamides is 1. The topological polar surface area (TPSA) is 105 Å². The monoisotopic (exact) mass is 487 g/mol. The number of hydrogen-bond donors (Lipinski definition) is 2. The normalized spacial score (nSPS) is 16.0. The van der Waals surface area contributed by atoms with Crippen molar-refractivity contribution in [3.63, 3.8) is 0 Å². The second kappa shape index (κ2) is 9.97. The number of amides is 2. The molecule has 0 radical (unpaired) electrons. The van der Waals surface area contributed by atoms with Crippen LogP contribution >= 0.6 is 11.6 Å². The van der Waals surface area contributed by atoms with Gasteiger partial charge in [-0.05, 0) is 78.5 Å². The summed E-state index contributed by atoms with van der Waals surface area (Å²) in [5.41, 5.74) is -0.959. The fourth-order valence-corrected chi connectivity index (χ4v) is 5.31. The van der Waals surface area contributed by atoms with Crippen molar-refractivity contribution in [3.8, 4) is 0 Å². The zero-order chi connectivity index (χ0) is 24.3. The molecule has 0 saturated carbocycles. The van der Waals surface area contributed by atoms with E-state index >= 15 is 0 Å². The highest BCUT2D eigenvalue weighted by atomic mass is 35.5. The van der Waals surface area contributed by atoms with E-state index in [2.05, 4.69) is 10.0 Å². The minimum Gasteiger partial charge on any atom is -0.444 e. The lowest BCUT2D eigenvalue weighted by molar-refractivity contribution is 0.0500. The van der Waals surface area contributed by atoms with Gasteiger partial charge < -0.3 is 15.0 Å². The Morgan fingerprint density at radius 1 is 1.12 bits per heavy atom. The average Bonchev–Trinajstić information content (AvgIpc) is 2.63. The van der Waals surface area contributed by atoms with Crippen LogP contribution < -0.4 is 10.0 Å². The van der Waals surface area contributed by atoms with Crippen molar-refractivity contribution in [2.45, 2.75) is 70.4 Å². The van der Waals surface area contributed by atoms with Gasteiger partial charge in [-0.1, -0.05) is 11.6 Å². The van der Waals surface area contributed by atoms with Crippen molar-refractivity contribution in [2.75, 3.05) is 19.6 Å². The third kappa shape index (κ3) is 7.94. The summed E-state index contributed by atoms with van der Waals surface area (Å²) >= 11 is 6.13. The summed E-state index contributed by atoms with van der Waals surface area (Å²) in [4.78, 5) is 26.4. The number of hydrogen-bond acceptors (Lipinski definition) is 5. The van der Waals surface area contributed by atoms with Gasteiger partial charge in [0.15, 0.2) is 0 Å². The second-order valence-electron chi connectivity index (χ2n) is 10.1. The quantitative estimate of drug-likeness (QED) is 0.657. The van der Waals surface area contributed by atoms with Gasteiger partial charge in [0.05, 0.1) is 5.02 Å². The number of carbonyl (C=O) groups excluding carboxylic acids is 2. The van der Waals surface area contributed by atoms with Gasteiger partial charge in [0.1, 0.15) is 10.5 Å². The van der Waals surface area contributed by atoms with E-state index in [1.807, 2.05) is 20.8 Å². The summed E-state index contributed by atoms with van der Waals surface area (Å²) in [6.07, 6.45) is 1.01. The van der Waals surface area contributed by atoms with E-state index in [4.69, 9.17) is 16.3 Å². The molecule has 1 heterocycles. The predicted octanol–water partition coefficient (Wildman–Crippen LogP) is 3.79. The predicted molar refractivity (Wildman–Crippen MR) is 124 cm³/mol. The largest absolute Gasteiger partial charge is 0.444 e. The Bertz CT molecular complexity index is 943. The van der Waals surface area contributed by atoms with E-state index in [0.29, 0.717) is 19.6 Å². The summed E-state index contributed by atoms with van der Waals surface area (Å²) in [5.74, 6) is -0.00358. The van der Waals surface area contributed by atoms with Gasteiger partial charge in [0.25, 0.3) is 5.91 Å². The Labute approximate surface area is 196 Å². The Hall–Kier alpha value is -1.84. The molecule has 0 aromatic heterocycles. The molecular weight excluding hydrogens is 454 g/mol. The summed E-state index contributed by atoms with van der Waals surface area (Å²) < 4.78 is 33.2. The molecule has 10 heteroatoms. The summed E-state index contributed by atoms with van der Waals surface area (Å²) in [6.45, 7) is 12.1. The summed E-state index contributed by atoms with van der Waals surface area (Å²) in [6, 6.07) is 4.30. The molecule has 8 nitrogen and oxygen atoms in total. The SMILES string of the molecule is CC(C)(C)NS(=O)(=O)c1cc(C(=O)N2CCC(CNC(=O)OC(C)(C)C)CC2)ccc1Cl. The second-order valence-corrected chi connectivity index (χ2v) is 12.2. The molecule has 0 aliphatic carbocycles. The van der Waals surface area contributed by atoms with Crippen molar-refractivity contribution in [2.24, 2.45) is 5.92 Å². The van der Waals surface area contributed by atoms with Crippen LogP contribution in [0.15, 0.2) is 23.1 Å². The van der Waals surface area contributed by atoms with E-state index in [-0.39, 0.29) is 27.3 Å². The van der Waals surface area contributed by atoms with E-state index in [1.165, 1.54) is 18.2 Å². The maximum atomic E-state index is 13.0. The van der Waals surface area contributed by atoms with Crippen molar-refractivity contribution >= 4 is 33.6 Å². The molecule has 2 N–H and O–H groups in total. The van der Waals surface area contributed by atoms with Crippen LogP contribution in [0.25, 0.3) is 0 Å². The number of benzene rings is 1. The van der Waals surface area contributed by atoms with Crippen molar-refractivity contribution in [1.29, 1.82) is 0 Å². The van der Waals surface area contributed by atoms with Crippen LogP contribution in [0.5, 0.6) is 0 Å². The number of rotatable bonds is 5. The first kappa shape index (κ1) is 26.4. The maximum absolute atomic E-state index is 13.0. The molecule has 0 unspecified atom stereocenters. The zero-order valence-corrected chi connectivity index (χ0v) is 21.2. The number of nitrogens with one attached hydrogen (secondary N) is 2. The van der Waals surface area contributed by atoms with Gasteiger partial charge in [-0.15, -0.1) is 0 Å². The fourth-order valence-electron chi connectivity index (χ4n) is 3.37. The molecule has 0 spiro atoms. The van der Waals surface area contributed by atoms with Crippen LogP contribution in [0.4, 0.5) is 4.79 Å². The lowest BCUT2D eigenvalue weighted by Gasteiger charge is -2.32. The van der Waals surface area contributed by atoms with Gasteiger partial charge in [-0.3, -0.25) is 4.79 Å². The zero-order valence-electron chi connectivity index (χ0n) is 19.6. The van der Waals surface area contributed by atoms with Crippen LogP contribution in [0.2, 0.25) is 5.02 Å². The molecule has 1 fully saturated rings. The maximum Gasteiger partial charge on any atom is 0.407 e. The van der Waals surface area contributed by atoms with Gasteiger partial charge in [0.2, 0.25) is 10.0 Å². The van der Waals surface area contributed by atoms with Crippen LogP contribution in [0.1, 0.15) is 64.7 Å². The molecule has 1 aromatic carbocycles. The number of alkyl carbamates (subject to hydrolysis) is 1. The lowest BCUT2D eigenvalue weighted by Crippen LogP contribution is -2.42. The highest BCUT2D eigenvalue weighted by Crippen LogP contribution is 2.26. The standard InChI is InChI=1S/C22H34ClN3O5S/c1-21(2,3)25-32(29,30)18-13-16(7-8-17(18)23)19(27)26-11-9-15(10-12-26)14-24-20(28)31-22(4,5)6/h7-8,13,15,25H,9-12,14H2,1-6H3,(H,24,28). The molecule has 1 aromatic rings. The fraction of sp³-hybridized carbons (Fsp3) is 0.636. The lowest BCUT2D eigenvalue weighted by atomic mass is 9.96. The van der Waals surface area contributed by atoms with Gasteiger partial charge in [-0.2, -0.15) is 0 Å². The minimum absolute atomic E-state index is 0.0604. The number of halogens is 1. The smallest absolute Gasteiger partial charge is 0.407 e. The molecular formula is C22H34ClN3O5S. The molecule has 0 atom stereocenters. The van der Waals surface area contributed by atoms with Gasteiger partial charge in [0, 0.05) is 30.7 Å². The Kier molecular flexibility index (Phi) is 8.23. The van der Waals surface area contributed by atoms with Crippen LogP contribution in [0.3, 0.4) is 0 Å². The highest BCUT2D eigenvalue weighted by Gasteiger charge is 2.28. The molecule has 32 heavy (non-hydrogen) atoms. The van der Waals surface area contributed by atoms with Crippen LogP contribution in [-0.4, -0.2) is 56.1 Å². The van der Waals surface area contributed by atoms with E-state index in [0.717, 1.165) is 12.8 Å². The number of likely N-dealkylation sites (tertiary alicyclic amines) is 1. The van der Waals surface area contributed by atoms with Crippen LogP contribution in [0, 0.1) is 5.92 Å². The van der Waals surface area contributed by atoms with Gasteiger partial charge >= 0.3 is 6.09 Å². The van der Waals surface area contributed by atoms with Crippen molar-refractivity contribution in [3.05, 3.63) is 28.8 Å². The first-order valence-corrected chi connectivity index (χ1v) is 12.5. The third-order valence-corrected chi connectivity index (χ3v) is 6.98. The van der Waals surface area contributed by atoms with Crippen molar-refractivity contribution < 1.29 is 22.7 Å². The number of carbonyl (C=O) groups is 2.